The Kier molecular flexibility index (Phi) is 5.32. The average Bonchev–Trinajstić information content (AvgIpc) is 2.18. The molecule has 0 saturated heterocycles. The first-order valence-electron chi connectivity index (χ1n) is 5.26. The van der Waals surface area contributed by atoms with Crippen molar-refractivity contribution in [2.75, 3.05) is 0 Å². The molecular formula is C13H18IN. The van der Waals surface area contributed by atoms with Gasteiger partial charge in [-0.2, -0.15) is 0 Å². The van der Waals surface area contributed by atoms with Crippen LogP contribution in [-0.4, -0.2) is 6.04 Å². The van der Waals surface area contributed by atoms with Gasteiger partial charge in [0, 0.05) is 15.7 Å². The third kappa shape index (κ3) is 4.34. The summed E-state index contributed by atoms with van der Waals surface area (Å²) in [4.78, 5) is 0. The number of halogens is 1. The van der Waals surface area contributed by atoms with Crippen molar-refractivity contribution in [3.8, 4) is 0 Å². The minimum absolute atomic E-state index is 0.400. The molecule has 0 aliphatic carbocycles. The highest BCUT2D eigenvalue weighted by atomic mass is 127. The fraction of sp³-hybridized carbons (Fsp3) is 0.385. The zero-order valence-electron chi connectivity index (χ0n) is 9.33. The molecule has 1 aromatic rings. The molecule has 0 aliphatic heterocycles. The summed E-state index contributed by atoms with van der Waals surface area (Å²) in [6, 6.07) is 9.53. The standard InChI is InChI=1S/C13H18IN/c1-4-5-10(2)15-11(3)12-6-8-13(14)9-7-12/h4,6-11,15H,1,5H2,2-3H3. The fourth-order valence-electron chi connectivity index (χ4n) is 1.59. The number of benzene rings is 1. The maximum absolute atomic E-state index is 3.75. The Balaban J connectivity index is 2.56. The zero-order chi connectivity index (χ0) is 11.3. The molecular weight excluding hydrogens is 297 g/mol. The molecule has 0 bridgehead atoms. The molecule has 2 heteroatoms. The van der Waals surface area contributed by atoms with Crippen LogP contribution in [0.5, 0.6) is 0 Å². The predicted molar refractivity (Wildman–Crippen MR) is 75.0 cm³/mol. The molecule has 0 amide bonds. The van der Waals surface area contributed by atoms with Crippen LogP contribution in [0.15, 0.2) is 36.9 Å². The van der Waals surface area contributed by atoms with E-state index in [9.17, 15) is 0 Å². The van der Waals surface area contributed by atoms with Gasteiger partial charge in [-0.1, -0.05) is 18.2 Å². The quantitative estimate of drug-likeness (QED) is 0.642. The molecule has 0 aromatic heterocycles. The lowest BCUT2D eigenvalue weighted by Crippen LogP contribution is -2.28. The van der Waals surface area contributed by atoms with E-state index < -0.39 is 0 Å². The summed E-state index contributed by atoms with van der Waals surface area (Å²) in [6.07, 6.45) is 2.97. The fourth-order valence-corrected chi connectivity index (χ4v) is 1.95. The topological polar surface area (TPSA) is 12.0 Å². The van der Waals surface area contributed by atoms with Gasteiger partial charge in [0.05, 0.1) is 0 Å². The van der Waals surface area contributed by atoms with E-state index in [0.717, 1.165) is 6.42 Å². The number of hydrogen-bond acceptors (Lipinski definition) is 1. The van der Waals surface area contributed by atoms with Crippen molar-refractivity contribution in [1.29, 1.82) is 0 Å². The first-order valence-corrected chi connectivity index (χ1v) is 6.33. The second-order valence-corrected chi connectivity index (χ2v) is 5.11. The van der Waals surface area contributed by atoms with E-state index in [0.29, 0.717) is 12.1 Å². The molecule has 2 atom stereocenters. The van der Waals surface area contributed by atoms with Crippen LogP contribution in [0.25, 0.3) is 0 Å². The molecule has 0 heterocycles. The summed E-state index contributed by atoms with van der Waals surface area (Å²) in [5, 5.41) is 3.54. The largest absolute Gasteiger partial charge is 0.307 e. The van der Waals surface area contributed by atoms with E-state index in [1.54, 1.807) is 0 Å². The monoisotopic (exact) mass is 315 g/mol. The van der Waals surface area contributed by atoms with Crippen molar-refractivity contribution < 1.29 is 0 Å². The van der Waals surface area contributed by atoms with Gasteiger partial charge in [0.1, 0.15) is 0 Å². The van der Waals surface area contributed by atoms with Gasteiger partial charge in [-0.25, -0.2) is 0 Å². The molecule has 15 heavy (non-hydrogen) atoms. The van der Waals surface area contributed by atoms with E-state index >= 15 is 0 Å². The minimum atomic E-state index is 0.400. The molecule has 2 unspecified atom stereocenters. The van der Waals surface area contributed by atoms with Crippen molar-refractivity contribution in [3.05, 3.63) is 46.1 Å². The zero-order valence-corrected chi connectivity index (χ0v) is 11.5. The second-order valence-electron chi connectivity index (χ2n) is 3.87. The highest BCUT2D eigenvalue weighted by Crippen LogP contribution is 2.15. The van der Waals surface area contributed by atoms with E-state index in [1.807, 2.05) is 6.08 Å². The Labute approximate surface area is 106 Å². The smallest absolute Gasteiger partial charge is 0.0294 e. The summed E-state index contributed by atoms with van der Waals surface area (Å²) in [5.41, 5.74) is 1.34. The predicted octanol–water partition coefficient (Wildman–Crippen LogP) is 3.91. The van der Waals surface area contributed by atoms with E-state index in [2.05, 4.69) is 72.6 Å². The molecule has 0 radical (unpaired) electrons. The molecule has 0 aliphatic rings. The van der Waals surface area contributed by atoms with Crippen molar-refractivity contribution in [1.82, 2.24) is 5.32 Å². The lowest BCUT2D eigenvalue weighted by Gasteiger charge is -2.19. The maximum atomic E-state index is 3.75. The molecule has 1 nitrogen and oxygen atoms in total. The maximum Gasteiger partial charge on any atom is 0.0294 e. The van der Waals surface area contributed by atoms with Gasteiger partial charge in [-0.05, 0) is 60.6 Å². The van der Waals surface area contributed by atoms with Gasteiger partial charge in [0.2, 0.25) is 0 Å². The number of hydrogen-bond donors (Lipinski definition) is 1. The molecule has 82 valence electrons. The molecule has 1 aromatic carbocycles. The second kappa shape index (κ2) is 6.28. The van der Waals surface area contributed by atoms with Gasteiger partial charge >= 0.3 is 0 Å². The Hall–Kier alpha value is -0.350. The SMILES string of the molecule is C=CCC(C)NC(C)c1ccc(I)cc1. The molecule has 0 fully saturated rings. The Morgan fingerprint density at radius 1 is 1.33 bits per heavy atom. The van der Waals surface area contributed by atoms with Crippen LogP contribution in [0.4, 0.5) is 0 Å². The third-order valence-electron chi connectivity index (χ3n) is 2.42. The molecule has 1 rings (SSSR count). The summed E-state index contributed by atoms with van der Waals surface area (Å²) in [6.45, 7) is 8.13. The van der Waals surface area contributed by atoms with E-state index in [4.69, 9.17) is 0 Å². The van der Waals surface area contributed by atoms with Gasteiger partial charge in [-0.3, -0.25) is 0 Å². The van der Waals surface area contributed by atoms with Crippen LogP contribution in [0.3, 0.4) is 0 Å². The molecule has 0 saturated carbocycles. The van der Waals surface area contributed by atoms with Crippen LogP contribution < -0.4 is 5.32 Å². The van der Waals surface area contributed by atoms with Crippen LogP contribution >= 0.6 is 22.6 Å². The number of rotatable bonds is 5. The van der Waals surface area contributed by atoms with Crippen LogP contribution in [0, 0.1) is 3.57 Å². The summed E-state index contributed by atoms with van der Waals surface area (Å²) < 4.78 is 1.28. The Bertz CT molecular complexity index is 305. The van der Waals surface area contributed by atoms with Crippen molar-refractivity contribution in [2.24, 2.45) is 0 Å². The minimum Gasteiger partial charge on any atom is -0.307 e. The highest BCUT2D eigenvalue weighted by Gasteiger charge is 2.07. The first kappa shape index (κ1) is 12.7. The molecule has 0 spiro atoms. The van der Waals surface area contributed by atoms with Crippen molar-refractivity contribution in [2.45, 2.75) is 32.4 Å². The number of nitrogens with one attached hydrogen (secondary N) is 1. The summed E-state index contributed by atoms with van der Waals surface area (Å²) in [7, 11) is 0. The van der Waals surface area contributed by atoms with E-state index in [1.165, 1.54) is 9.13 Å². The summed E-state index contributed by atoms with van der Waals surface area (Å²) in [5.74, 6) is 0. The third-order valence-corrected chi connectivity index (χ3v) is 3.14. The normalized spacial score (nSPS) is 14.6. The van der Waals surface area contributed by atoms with Crippen LogP contribution in [0.2, 0.25) is 0 Å². The van der Waals surface area contributed by atoms with Gasteiger partial charge < -0.3 is 5.32 Å². The van der Waals surface area contributed by atoms with Crippen LogP contribution in [-0.2, 0) is 0 Å². The Morgan fingerprint density at radius 2 is 1.93 bits per heavy atom. The molecule has 1 N–H and O–H groups in total. The highest BCUT2D eigenvalue weighted by molar-refractivity contribution is 14.1. The van der Waals surface area contributed by atoms with E-state index in [-0.39, 0.29) is 0 Å². The Morgan fingerprint density at radius 3 is 2.47 bits per heavy atom. The lowest BCUT2D eigenvalue weighted by atomic mass is 10.1. The van der Waals surface area contributed by atoms with Crippen LogP contribution in [0.1, 0.15) is 31.9 Å². The average molecular weight is 315 g/mol. The van der Waals surface area contributed by atoms with Crippen molar-refractivity contribution in [3.63, 3.8) is 0 Å². The first-order chi connectivity index (χ1) is 7.13. The lowest BCUT2D eigenvalue weighted by molar-refractivity contribution is 0.482. The van der Waals surface area contributed by atoms with Crippen molar-refractivity contribution >= 4 is 22.6 Å². The van der Waals surface area contributed by atoms with Gasteiger partial charge in [0.25, 0.3) is 0 Å². The summed E-state index contributed by atoms with van der Waals surface area (Å²) >= 11 is 2.33. The van der Waals surface area contributed by atoms with Gasteiger partial charge in [-0.15, -0.1) is 6.58 Å². The van der Waals surface area contributed by atoms with Gasteiger partial charge in [0.15, 0.2) is 0 Å².